The van der Waals surface area contributed by atoms with E-state index >= 15 is 0 Å². The van der Waals surface area contributed by atoms with Crippen LogP contribution in [0.1, 0.15) is 33.8 Å². The molecule has 1 fully saturated rings. The number of amides is 1. The van der Waals surface area contributed by atoms with Crippen molar-refractivity contribution in [2.75, 3.05) is 11.5 Å². The second-order valence-electron chi connectivity index (χ2n) is 4.58. The van der Waals surface area contributed by atoms with Gasteiger partial charge in [-0.05, 0) is 42.5 Å². The fourth-order valence-electron chi connectivity index (χ4n) is 1.81. The van der Waals surface area contributed by atoms with Crippen molar-refractivity contribution in [1.29, 1.82) is 0 Å². The molecule has 1 aliphatic heterocycles. The van der Waals surface area contributed by atoms with Gasteiger partial charge in [-0.2, -0.15) is 0 Å². The van der Waals surface area contributed by atoms with E-state index < -0.39 is 12.0 Å². The number of carbonyl (C=O) groups is 2. The van der Waals surface area contributed by atoms with Gasteiger partial charge in [-0.25, -0.2) is 0 Å². The molecule has 108 valence electrons. The van der Waals surface area contributed by atoms with Gasteiger partial charge < -0.3 is 10.4 Å². The second kappa shape index (κ2) is 7.04. The molecule has 0 saturated carbocycles. The second-order valence-corrected chi connectivity index (χ2v) is 7.31. The Bertz CT molecular complexity index is 484. The SMILES string of the molecule is CC(NC(=O)c1ccc(C2SCCCS2)cc1)C(=O)O. The van der Waals surface area contributed by atoms with E-state index in [2.05, 4.69) is 5.32 Å². The van der Waals surface area contributed by atoms with E-state index in [-0.39, 0.29) is 5.91 Å². The summed E-state index contributed by atoms with van der Waals surface area (Å²) in [6.45, 7) is 1.45. The highest BCUT2D eigenvalue weighted by Gasteiger charge is 2.18. The average molecular weight is 311 g/mol. The molecular formula is C14H17NO3S2. The quantitative estimate of drug-likeness (QED) is 0.895. The predicted octanol–water partition coefficient (Wildman–Crippen LogP) is 2.76. The van der Waals surface area contributed by atoms with Crippen molar-refractivity contribution in [3.63, 3.8) is 0 Å². The Hall–Kier alpha value is -1.14. The summed E-state index contributed by atoms with van der Waals surface area (Å²) in [5, 5.41) is 11.2. The average Bonchev–Trinajstić information content (AvgIpc) is 2.48. The highest BCUT2D eigenvalue weighted by molar-refractivity contribution is 8.16. The van der Waals surface area contributed by atoms with E-state index in [1.165, 1.54) is 30.4 Å². The lowest BCUT2D eigenvalue weighted by Gasteiger charge is -2.21. The lowest BCUT2D eigenvalue weighted by Crippen LogP contribution is -2.38. The number of carboxylic acids is 1. The van der Waals surface area contributed by atoms with Gasteiger partial charge in [0.25, 0.3) is 5.91 Å². The molecule has 6 heteroatoms. The number of hydrogen-bond donors (Lipinski definition) is 2. The summed E-state index contributed by atoms with van der Waals surface area (Å²) >= 11 is 3.86. The van der Waals surface area contributed by atoms with Crippen LogP contribution in [0, 0.1) is 0 Å². The molecule has 2 N–H and O–H groups in total. The van der Waals surface area contributed by atoms with E-state index in [0.29, 0.717) is 10.1 Å². The van der Waals surface area contributed by atoms with Crippen LogP contribution in [0.4, 0.5) is 0 Å². The van der Waals surface area contributed by atoms with E-state index in [1.54, 1.807) is 12.1 Å². The molecule has 0 aromatic heterocycles. The van der Waals surface area contributed by atoms with E-state index in [0.717, 1.165) is 0 Å². The monoisotopic (exact) mass is 311 g/mol. The molecule has 1 saturated heterocycles. The van der Waals surface area contributed by atoms with Gasteiger partial charge in [0.15, 0.2) is 0 Å². The Morgan fingerprint density at radius 3 is 2.40 bits per heavy atom. The van der Waals surface area contributed by atoms with Crippen LogP contribution in [0.2, 0.25) is 0 Å². The van der Waals surface area contributed by atoms with Gasteiger partial charge in [-0.1, -0.05) is 12.1 Å². The Morgan fingerprint density at radius 1 is 1.25 bits per heavy atom. The highest BCUT2D eigenvalue weighted by atomic mass is 32.2. The summed E-state index contributed by atoms with van der Waals surface area (Å²) in [6, 6.07) is 6.54. The zero-order valence-corrected chi connectivity index (χ0v) is 12.8. The molecule has 1 aliphatic rings. The number of benzene rings is 1. The molecule has 1 heterocycles. The number of carboxylic acid groups (broad SMARTS) is 1. The predicted molar refractivity (Wildman–Crippen MR) is 83.3 cm³/mol. The first-order chi connectivity index (χ1) is 9.58. The third kappa shape index (κ3) is 3.93. The van der Waals surface area contributed by atoms with Gasteiger partial charge in [-0.3, -0.25) is 9.59 Å². The van der Waals surface area contributed by atoms with Crippen LogP contribution in [0.3, 0.4) is 0 Å². The third-order valence-electron chi connectivity index (χ3n) is 2.99. The molecule has 0 spiro atoms. The summed E-state index contributed by atoms with van der Waals surface area (Å²) in [5.41, 5.74) is 1.70. The van der Waals surface area contributed by atoms with Gasteiger partial charge in [0.1, 0.15) is 6.04 Å². The van der Waals surface area contributed by atoms with Crippen molar-refractivity contribution in [3.05, 3.63) is 35.4 Å². The lowest BCUT2D eigenvalue weighted by atomic mass is 10.1. The van der Waals surface area contributed by atoms with Gasteiger partial charge in [0, 0.05) is 5.56 Å². The minimum absolute atomic E-state index is 0.351. The summed E-state index contributed by atoms with van der Waals surface area (Å²) < 4.78 is 0.443. The molecular weight excluding hydrogens is 294 g/mol. The minimum Gasteiger partial charge on any atom is -0.480 e. The van der Waals surface area contributed by atoms with Crippen molar-refractivity contribution < 1.29 is 14.7 Å². The van der Waals surface area contributed by atoms with Crippen molar-refractivity contribution in [2.24, 2.45) is 0 Å². The van der Waals surface area contributed by atoms with Gasteiger partial charge >= 0.3 is 5.97 Å². The third-order valence-corrected chi connectivity index (χ3v) is 6.01. The van der Waals surface area contributed by atoms with Crippen LogP contribution in [0.5, 0.6) is 0 Å². The van der Waals surface area contributed by atoms with Crippen molar-refractivity contribution >= 4 is 35.4 Å². The van der Waals surface area contributed by atoms with Crippen LogP contribution in [-0.2, 0) is 4.79 Å². The van der Waals surface area contributed by atoms with Gasteiger partial charge in [0.2, 0.25) is 0 Å². The number of hydrogen-bond acceptors (Lipinski definition) is 4. The number of aliphatic carboxylic acids is 1. The summed E-state index contributed by atoms with van der Waals surface area (Å²) in [4.78, 5) is 22.6. The fourth-order valence-corrected chi connectivity index (χ4v) is 4.71. The number of nitrogens with one attached hydrogen (secondary N) is 1. The smallest absolute Gasteiger partial charge is 0.325 e. The van der Waals surface area contributed by atoms with E-state index in [9.17, 15) is 9.59 Å². The molecule has 0 bridgehead atoms. The number of carbonyl (C=O) groups excluding carboxylic acids is 1. The first-order valence-corrected chi connectivity index (χ1v) is 8.54. The number of rotatable bonds is 4. The molecule has 1 aromatic rings. The first kappa shape index (κ1) is 15.3. The Kier molecular flexibility index (Phi) is 5.37. The Morgan fingerprint density at radius 2 is 1.85 bits per heavy atom. The minimum atomic E-state index is -1.04. The van der Waals surface area contributed by atoms with Crippen LogP contribution < -0.4 is 5.32 Å². The first-order valence-electron chi connectivity index (χ1n) is 6.45. The van der Waals surface area contributed by atoms with Crippen LogP contribution in [-0.4, -0.2) is 34.5 Å². The summed E-state index contributed by atoms with van der Waals surface area (Å²) in [6.07, 6.45) is 1.25. The molecule has 1 atom stereocenters. The Labute approximate surface area is 126 Å². The van der Waals surface area contributed by atoms with Crippen LogP contribution in [0.15, 0.2) is 24.3 Å². The molecule has 1 aromatic carbocycles. The van der Waals surface area contributed by atoms with Gasteiger partial charge in [-0.15, -0.1) is 23.5 Å². The van der Waals surface area contributed by atoms with Crippen LogP contribution >= 0.6 is 23.5 Å². The van der Waals surface area contributed by atoms with Crippen LogP contribution in [0.25, 0.3) is 0 Å². The van der Waals surface area contributed by atoms with Crippen molar-refractivity contribution in [3.8, 4) is 0 Å². The topological polar surface area (TPSA) is 66.4 Å². The van der Waals surface area contributed by atoms with E-state index in [1.807, 2.05) is 35.7 Å². The standard InChI is InChI=1S/C14H17NO3S2/c1-9(13(17)18)15-12(16)10-3-5-11(6-4-10)14-19-7-2-8-20-14/h3-6,9,14H,2,7-8H2,1H3,(H,15,16)(H,17,18). The zero-order chi connectivity index (χ0) is 14.5. The molecule has 20 heavy (non-hydrogen) atoms. The highest BCUT2D eigenvalue weighted by Crippen LogP contribution is 2.43. The molecule has 0 radical (unpaired) electrons. The maximum atomic E-state index is 11.9. The summed E-state index contributed by atoms with van der Waals surface area (Å²) in [5.74, 6) is 0.965. The van der Waals surface area contributed by atoms with Crippen molar-refractivity contribution in [1.82, 2.24) is 5.32 Å². The maximum Gasteiger partial charge on any atom is 0.325 e. The Balaban J connectivity index is 2.00. The molecule has 2 rings (SSSR count). The normalized spacial score (nSPS) is 17.4. The lowest BCUT2D eigenvalue weighted by molar-refractivity contribution is -0.138. The largest absolute Gasteiger partial charge is 0.480 e. The summed E-state index contributed by atoms with van der Waals surface area (Å²) in [7, 11) is 0. The van der Waals surface area contributed by atoms with E-state index in [4.69, 9.17) is 5.11 Å². The molecule has 1 unspecified atom stereocenters. The van der Waals surface area contributed by atoms with Gasteiger partial charge in [0.05, 0.1) is 4.58 Å². The van der Waals surface area contributed by atoms with Crippen molar-refractivity contribution in [2.45, 2.75) is 24.0 Å². The number of thioether (sulfide) groups is 2. The fraction of sp³-hybridized carbons (Fsp3) is 0.429. The zero-order valence-electron chi connectivity index (χ0n) is 11.2. The molecule has 4 nitrogen and oxygen atoms in total. The molecule has 1 amide bonds. The maximum absolute atomic E-state index is 11.9. The molecule has 0 aliphatic carbocycles.